The van der Waals surface area contributed by atoms with Gasteiger partial charge in [-0.3, -0.25) is 4.79 Å². The molecule has 5 heteroatoms. The molecule has 1 rings (SSSR count). The summed E-state index contributed by atoms with van der Waals surface area (Å²) in [5.74, 6) is 0.930. The maximum Gasteiger partial charge on any atom is 0.338 e. The van der Waals surface area contributed by atoms with Crippen molar-refractivity contribution in [3.05, 3.63) is 48.1 Å². The normalized spacial score (nSPS) is 10.9. The third-order valence-electron chi connectivity index (χ3n) is 4.31. The first-order chi connectivity index (χ1) is 13.8. The predicted octanol–water partition coefficient (Wildman–Crippen LogP) is 5.35. The van der Waals surface area contributed by atoms with Gasteiger partial charge >= 0.3 is 5.97 Å². The molecule has 0 saturated carbocycles. The highest BCUT2D eigenvalue weighted by molar-refractivity contribution is 5.89. The summed E-state index contributed by atoms with van der Waals surface area (Å²) in [6, 6.07) is 5.22. The summed E-state index contributed by atoms with van der Waals surface area (Å²) in [7, 11) is 1.51. The first-order valence-electron chi connectivity index (χ1n) is 10.3. The Morgan fingerprint density at radius 1 is 1.14 bits per heavy atom. The lowest BCUT2D eigenvalue weighted by atomic mass is 10.1. The first kappa shape index (κ1) is 24.5. The van der Waals surface area contributed by atoms with E-state index in [1.165, 1.54) is 13.5 Å². The third-order valence-corrected chi connectivity index (χ3v) is 4.31. The van der Waals surface area contributed by atoms with Crippen molar-refractivity contribution in [3.8, 4) is 11.5 Å². The van der Waals surface area contributed by atoms with Crippen LogP contribution in [0.3, 0.4) is 0 Å². The molecule has 0 aliphatic carbocycles. The van der Waals surface area contributed by atoms with Gasteiger partial charge in [0.15, 0.2) is 11.5 Å². The molecule has 0 aromatic heterocycles. The zero-order valence-electron chi connectivity index (χ0n) is 18.3. The van der Waals surface area contributed by atoms with E-state index in [-0.39, 0.29) is 5.91 Å². The third kappa shape index (κ3) is 10.5. The first-order valence-corrected chi connectivity index (χ1v) is 10.3. The van der Waals surface area contributed by atoms with Crippen LogP contribution in [0.1, 0.15) is 64.9 Å². The quantitative estimate of drug-likeness (QED) is 0.159. The largest absolute Gasteiger partial charge is 0.493 e. The summed E-state index contributed by atoms with van der Waals surface area (Å²) in [4.78, 5) is 23.7. The van der Waals surface area contributed by atoms with Crippen molar-refractivity contribution in [2.24, 2.45) is 5.92 Å². The summed E-state index contributed by atoms with van der Waals surface area (Å²) in [5, 5.41) is 2.92. The van der Waals surface area contributed by atoms with Crippen LogP contribution in [0.5, 0.6) is 11.5 Å². The molecule has 160 valence electrons. The van der Waals surface area contributed by atoms with Crippen molar-refractivity contribution in [1.82, 2.24) is 5.32 Å². The van der Waals surface area contributed by atoms with E-state index in [1.807, 2.05) is 0 Å². The molecule has 0 fully saturated rings. The van der Waals surface area contributed by atoms with Crippen LogP contribution in [-0.4, -0.2) is 19.0 Å². The molecule has 1 aromatic rings. The van der Waals surface area contributed by atoms with Gasteiger partial charge in [-0.25, -0.2) is 4.79 Å². The second-order valence-electron chi connectivity index (χ2n) is 7.56. The van der Waals surface area contributed by atoms with E-state index in [9.17, 15) is 9.59 Å². The highest BCUT2D eigenvalue weighted by Crippen LogP contribution is 2.28. The van der Waals surface area contributed by atoms with Crippen LogP contribution in [0.15, 0.2) is 42.5 Å². The zero-order chi connectivity index (χ0) is 21.6. The standard InChI is InChI=1S/C24H35NO4/c1-18(2)12-10-8-6-7-9-11-13-23(26)25-17-20-14-15-21(22(16-20)28-5)29-24(27)19(3)4/h10,12,14-16,18H,3,6-9,11,13,17H2,1-2,4-5H3,(H,25,26)/b12-10+. The summed E-state index contributed by atoms with van der Waals surface area (Å²) >= 11 is 0. The van der Waals surface area contributed by atoms with E-state index < -0.39 is 5.97 Å². The van der Waals surface area contributed by atoms with Gasteiger partial charge in [0.2, 0.25) is 5.91 Å². The number of carbonyl (C=O) groups is 2. The summed E-state index contributed by atoms with van der Waals surface area (Å²) < 4.78 is 10.5. The number of carbonyl (C=O) groups excluding carboxylic acids is 2. The molecule has 1 aromatic carbocycles. The Balaban J connectivity index is 2.33. The van der Waals surface area contributed by atoms with E-state index in [2.05, 4.69) is 37.9 Å². The second-order valence-corrected chi connectivity index (χ2v) is 7.56. The SMILES string of the molecule is C=C(C)C(=O)Oc1ccc(CNC(=O)CCCCCC/C=C/C(C)C)cc1OC. The van der Waals surface area contributed by atoms with Gasteiger partial charge in [0.05, 0.1) is 7.11 Å². The molecule has 5 nitrogen and oxygen atoms in total. The molecule has 0 aliphatic heterocycles. The van der Waals surface area contributed by atoms with Crippen molar-refractivity contribution >= 4 is 11.9 Å². The highest BCUT2D eigenvalue weighted by Gasteiger charge is 2.12. The van der Waals surface area contributed by atoms with Crippen molar-refractivity contribution in [2.45, 2.75) is 65.8 Å². The number of rotatable bonds is 13. The van der Waals surface area contributed by atoms with Crippen molar-refractivity contribution < 1.29 is 19.1 Å². The molecule has 0 heterocycles. The Labute approximate surface area is 175 Å². The minimum atomic E-state index is -0.500. The van der Waals surface area contributed by atoms with Crippen molar-refractivity contribution in [1.29, 1.82) is 0 Å². The van der Waals surface area contributed by atoms with Crippen LogP contribution in [0.4, 0.5) is 0 Å². The van der Waals surface area contributed by atoms with Gasteiger partial charge in [-0.2, -0.15) is 0 Å². The molecule has 0 saturated heterocycles. The van der Waals surface area contributed by atoms with Crippen molar-refractivity contribution in [3.63, 3.8) is 0 Å². The number of benzene rings is 1. The minimum absolute atomic E-state index is 0.0430. The predicted molar refractivity (Wildman–Crippen MR) is 117 cm³/mol. The Kier molecular flexibility index (Phi) is 11.5. The average Bonchev–Trinajstić information content (AvgIpc) is 2.68. The van der Waals surface area contributed by atoms with E-state index in [0.29, 0.717) is 36.0 Å². The van der Waals surface area contributed by atoms with Crippen LogP contribution < -0.4 is 14.8 Å². The van der Waals surface area contributed by atoms with Gasteiger partial charge in [-0.15, -0.1) is 0 Å². The number of unbranched alkanes of at least 4 members (excludes halogenated alkanes) is 4. The molecule has 0 spiro atoms. The van der Waals surface area contributed by atoms with Gasteiger partial charge < -0.3 is 14.8 Å². The van der Waals surface area contributed by atoms with E-state index in [1.54, 1.807) is 25.1 Å². The maximum absolute atomic E-state index is 12.0. The molecule has 1 N–H and O–H groups in total. The number of esters is 1. The zero-order valence-corrected chi connectivity index (χ0v) is 18.3. The smallest absolute Gasteiger partial charge is 0.338 e. The molecule has 1 amide bonds. The lowest BCUT2D eigenvalue weighted by molar-refractivity contribution is -0.130. The number of methoxy groups -OCH3 is 1. The maximum atomic E-state index is 12.0. The Bertz CT molecular complexity index is 707. The number of allylic oxidation sites excluding steroid dienone is 2. The molecule has 0 radical (unpaired) electrons. The Hall–Kier alpha value is -2.56. The Morgan fingerprint density at radius 2 is 1.86 bits per heavy atom. The van der Waals surface area contributed by atoms with E-state index in [4.69, 9.17) is 9.47 Å². The van der Waals surface area contributed by atoms with Gasteiger partial charge in [0, 0.05) is 18.5 Å². The van der Waals surface area contributed by atoms with Gasteiger partial charge in [-0.05, 0) is 49.8 Å². The fraction of sp³-hybridized carbons (Fsp3) is 0.500. The number of amides is 1. The topological polar surface area (TPSA) is 64.6 Å². The van der Waals surface area contributed by atoms with Gasteiger partial charge in [-0.1, -0.05) is 51.5 Å². The summed E-state index contributed by atoms with van der Waals surface area (Å²) in [6.45, 7) is 9.91. The second kappa shape index (κ2) is 13.6. The van der Waals surface area contributed by atoms with E-state index >= 15 is 0 Å². The molecule has 0 atom stereocenters. The molecule has 0 unspecified atom stereocenters. The van der Waals surface area contributed by atoms with E-state index in [0.717, 1.165) is 31.2 Å². The van der Waals surface area contributed by atoms with Crippen LogP contribution in [0.2, 0.25) is 0 Å². The van der Waals surface area contributed by atoms with Gasteiger partial charge in [0.25, 0.3) is 0 Å². The fourth-order valence-corrected chi connectivity index (χ4v) is 2.65. The Morgan fingerprint density at radius 3 is 2.52 bits per heavy atom. The summed E-state index contributed by atoms with van der Waals surface area (Å²) in [6.07, 6.45) is 10.4. The van der Waals surface area contributed by atoms with Crippen LogP contribution >= 0.6 is 0 Å². The molecular formula is C24H35NO4. The number of hydrogen-bond donors (Lipinski definition) is 1. The fourth-order valence-electron chi connectivity index (χ4n) is 2.65. The monoisotopic (exact) mass is 401 g/mol. The molecule has 0 bridgehead atoms. The average molecular weight is 402 g/mol. The molecule has 29 heavy (non-hydrogen) atoms. The lowest BCUT2D eigenvalue weighted by Crippen LogP contribution is -2.22. The van der Waals surface area contributed by atoms with Crippen LogP contribution in [0.25, 0.3) is 0 Å². The molecular weight excluding hydrogens is 366 g/mol. The number of hydrogen-bond acceptors (Lipinski definition) is 4. The van der Waals surface area contributed by atoms with Crippen LogP contribution in [-0.2, 0) is 16.1 Å². The minimum Gasteiger partial charge on any atom is -0.493 e. The van der Waals surface area contributed by atoms with Gasteiger partial charge in [0.1, 0.15) is 0 Å². The lowest BCUT2D eigenvalue weighted by Gasteiger charge is -2.11. The van der Waals surface area contributed by atoms with Crippen molar-refractivity contribution in [2.75, 3.05) is 7.11 Å². The number of nitrogens with one attached hydrogen (secondary N) is 1. The highest BCUT2D eigenvalue weighted by atomic mass is 16.6. The number of ether oxygens (including phenoxy) is 2. The van der Waals surface area contributed by atoms with Crippen LogP contribution in [0, 0.1) is 5.92 Å². The summed E-state index contributed by atoms with van der Waals surface area (Å²) in [5.41, 5.74) is 1.19. The molecule has 0 aliphatic rings.